The number of hydrogen-bond donors (Lipinski definition) is 1. The van der Waals surface area contributed by atoms with E-state index in [2.05, 4.69) is 9.88 Å². The first-order valence-electron chi connectivity index (χ1n) is 6.13. The van der Waals surface area contributed by atoms with E-state index in [1.165, 1.54) is 19.4 Å². The first-order valence-corrected chi connectivity index (χ1v) is 6.13. The molecule has 0 spiro atoms. The molecule has 4 heteroatoms. The van der Waals surface area contributed by atoms with Gasteiger partial charge < -0.3 is 14.6 Å². The highest BCUT2D eigenvalue weighted by Crippen LogP contribution is 2.38. The molecule has 1 N–H and O–H groups in total. The Morgan fingerprint density at radius 3 is 3.12 bits per heavy atom. The van der Waals surface area contributed by atoms with E-state index in [0.29, 0.717) is 6.04 Å². The van der Waals surface area contributed by atoms with Crippen LogP contribution in [0.25, 0.3) is 0 Å². The summed E-state index contributed by atoms with van der Waals surface area (Å²) < 4.78 is 1.95. The lowest BCUT2D eigenvalue weighted by molar-refractivity contribution is -0.0492. The second kappa shape index (κ2) is 3.57. The third-order valence-corrected chi connectivity index (χ3v) is 4.12. The number of rotatable bonds is 1. The normalized spacial score (nSPS) is 35.2. The van der Waals surface area contributed by atoms with Crippen molar-refractivity contribution in [2.75, 3.05) is 13.1 Å². The second-order valence-electron chi connectivity index (χ2n) is 5.18. The van der Waals surface area contributed by atoms with Crippen LogP contribution in [0.4, 0.5) is 0 Å². The molecule has 2 fully saturated rings. The molecule has 0 bridgehead atoms. The lowest BCUT2D eigenvalue weighted by atomic mass is 9.86. The lowest BCUT2D eigenvalue weighted by Crippen LogP contribution is -2.47. The van der Waals surface area contributed by atoms with Crippen LogP contribution in [0.2, 0.25) is 0 Å². The fourth-order valence-corrected chi connectivity index (χ4v) is 3.26. The molecule has 2 saturated heterocycles. The van der Waals surface area contributed by atoms with Crippen LogP contribution >= 0.6 is 0 Å². The first kappa shape index (κ1) is 10.3. The maximum Gasteiger partial charge on any atom is 0.140 e. The Kier molecular flexibility index (Phi) is 2.30. The summed E-state index contributed by atoms with van der Waals surface area (Å²) in [4.78, 5) is 6.83. The molecule has 4 nitrogen and oxygen atoms in total. The highest BCUT2D eigenvalue weighted by Gasteiger charge is 2.43. The Labute approximate surface area is 95.9 Å². The number of aliphatic hydroxyl groups is 1. The van der Waals surface area contributed by atoms with Crippen LogP contribution in [-0.2, 0) is 12.6 Å². The van der Waals surface area contributed by atoms with Gasteiger partial charge in [0.2, 0.25) is 0 Å². The van der Waals surface area contributed by atoms with E-state index in [-0.39, 0.29) is 0 Å². The molecule has 3 heterocycles. The molecule has 2 aliphatic heterocycles. The third-order valence-electron chi connectivity index (χ3n) is 4.12. The fraction of sp³-hybridized carbons (Fsp3) is 0.750. The maximum absolute atomic E-state index is 10.7. The maximum atomic E-state index is 10.7. The molecule has 0 radical (unpaired) electrons. The summed E-state index contributed by atoms with van der Waals surface area (Å²) in [6.45, 7) is 2.22. The van der Waals surface area contributed by atoms with Gasteiger partial charge in [-0.15, -0.1) is 0 Å². The number of aryl methyl sites for hydroxylation is 1. The number of fused-ring (bicyclic) bond motifs is 1. The molecule has 3 rings (SSSR count). The highest BCUT2D eigenvalue weighted by molar-refractivity contribution is 5.09. The summed E-state index contributed by atoms with van der Waals surface area (Å²) in [7, 11) is 1.96. The molecule has 16 heavy (non-hydrogen) atoms. The molecule has 0 aromatic carbocycles. The van der Waals surface area contributed by atoms with E-state index in [1.54, 1.807) is 6.20 Å². The van der Waals surface area contributed by atoms with Crippen LogP contribution in [0.1, 0.15) is 31.5 Å². The molecule has 1 aromatic heterocycles. The predicted octanol–water partition coefficient (Wildman–Crippen LogP) is 0.866. The molecule has 2 atom stereocenters. The number of imidazole rings is 1. The van der Waals surface area contributed by atoms with Crippen LogP contribution in [0.3, 0.4) is 0 Å². The van der Waals surface area contributed by atoms with Gasteiger partial charge in [0.25, 0.3) is 0 Å². The van der Waals surface area contributed by atoms with E-state index in [9.17, 15) is 5.11 Å². The number of nitrogens with zero attached hydrogens (tertiary/aromatic N) is 3. The second-order valence-corrected chi connectivity index (χ2v) is 5.18. The van der Waals surface area contributed by atoms with Crippen LogP contribution in [0.15, 0.2) is 12.4 Å². The fourth-order valence-electron chi connectivity index (χ4n) is 3.26. The minimum absolute atomic E-state index is 0.565. The van der Waals surface area contributed by atoms with Crippen molar-refractivity contribution in [3.8, 4) is 0 Å². The summed E-state index contributed by atoms with van der Waals surface area (Å²) in [5.74, 6) is 0.832. The summed E-state index contributed by atoms with van der Waals surface area (Å²) in [5, 5.41) is 10.7. The van der Waals surface area contributed by atoms with Crippen molar-refractivity contribution < 1.29 is 5.11 Å². The van der Waals surface area contributed by atoms with Gasteiger partial charge in [-0.1, -0.05) is 0 Å². The minimum atomic E-state index is -0.705. The average molecular weight is 221 g/mol. The van der Waals surface area contributed by atoms with E-state index >= 15 is 0 Å². The van der Waals surface area contributed by atoms with Crippen LogP contribution < -0.4 is 0 Å². The molecule has 0 aliphatic carbocycles. The van der Waals surface area contributed by atoms with Crippen molar-refractivity contribution in [1.29, 1.82) is 0 Å². The number of hydrogen-bond acceptors (Lipinski definition) is 3. The molecule has 0 saturated carbocycles. The molecule has 2 unspecified atom stereocenters. The Balaban J connectivity index is 1.86. The van der Waals surface area contributed by atoms with Crippen molar-refractivity contribution in [1.82, 2.24) is 14.5 Å². The van der Waals surface area contributed by atoms with E-state index in [0.717, 1.165) is 25.2 Å². The van der Waals surface area contributed by atoms with E-state index in [4.69, 9.17) is 0 Å². The Hall–Kier alpha value is -0.870. The predicted molar refractivity (Wildman–Crippen MR) is 60.9 cm³/mol. The van der Waals surface area contributed by atoms with Crippen molar-refractivity contribution in [3.05, 3.63) is 18.2 Å². The van der Waals surface area contributed by atoms with Crippen LogP contribution in [0.5, 0.6) is 0 Å². The highest BCUT2D eigenvalue weighted by atomic mass is 16.3. The van der Waals surface area contributed by atoms with Gasteiger partial charge in [0.15, 0.2) is 0 Å². The van der Waals surface area contributed by atoms with Gasteiger partial charge >= 0.3 is 0 Å². The SMILES string of the molecule is Cn1ccnc1C1(O)CCN2CCCC2C1. The Bertz CT molecular complexity index is 389. The first-order chi connectivity index (χ1) is 7.69. The van der Waals surface area contributed by atoms with Gasteiger partial charge in [-0.2, -0.15) is 0 Å². The van der Waals surface area contributed by atoms with E-state index in [1.807, 2.05) is 17.8 Å². The van der Waals surface area contributed by atoms with Crippen LogP contribution in [0, 0.1) is 0 Å². The molecule has 2 aliphatic rings. The molecule has 88 valence electrons. The smallest absolute Gasteiger partial charge is 0.140 e. The third kappa shape index (κ3) is 1.48. The molecule has 1 aromatic rings. The van der Waals surface area contributed by atoms with Gasteiger partial charge in [0.1, 0.15) is 11.4 Å². The van der Waals surface area contributed by atoms with Gasteiger partial charge in [-0.05, 0) is 32.2 Å². The van der Waals surface area contributed by atoms with Gasteiger partial charge in [-0.25, -0.2) is 4.98 Å². The van der Waals surface area contributed by atoms with Crippen molar-refractivity contribution >= 4 is 0 Å². The standard InChI is InChI=1S/C12H19N3O/c1-14-8-5-13-11(14)12(16)4-7-15-6-2-3-10(15)9-12/h5,8,10,16H,2-4,6-7,9H2,1H3. The topological polar surface area (TPSA) is 41.3 Å². The van der Waals surface area contributed by atoms with Crippen molar-refractivity contribution in [3.63, 3.8) is 0 Å². The minimum Gasteiger partial charge on any atom is -0.382 e. The Morgan fingerprint density at radius 2 is 2.38 bits per heavy atom. The summed E-state index contributed by atoms with van der Waals surface area (Å²) in [6.07, 6.45) is 7.85. The summed E-state index contributed by atoms with van der Waals surface area (Å²) in [5.41, 5.74) is -0.705. The number of piperidine rings is 1. The largest absolute Gasteiger partial charge is 0.382 e. The zero-order chi connectivity index (χ0) is 11.2. The molecular weight excluding hydrogens is 202 g/mol. The van der Waals surface area contributed by atoms with Gasteiger partial charge in [0.05, 0.1) is 0 Å². The van der Waals surface area contributed by atoms with Crippen LogP contribution in [-0.4, -0.2) is 38.7 Å². The van der Waals surface area contributed by atoms with Gasteiger partial charge in [-0.3, -0.25) is 0 Å². The monoisotopic (exact) mass is 221 g/mol. The Morgan fingerprint density at radius 1 is 1.50 bits per heavy atom. The number of aromatic nitrogens is 2. The molecular formula is C12H19N3O. The quantitative estimate of drug-likeness (QED) is 0.765. The average Bonchev–Trinajstić information content (AvgIpc) is 2.85. The zero-order valence-corrected chi connectivity index (χ0v) is 9.76. The van der Waals surface area contributed by atoms with Gasteiger partial charge in [0, 0.05) is 32.0 Å². The summed E-state index contributed by atoms with van der Waals surface area (Å²) >= 11 is 0. The zero-order valence-electron chi connectivity index (χ0n) is 9.76. The van der Waals surface area contributed by atoms with E-state index < -0.39 is 5.60 Å². The lowest BCUT2D eigenvalue weighted by Gasteiger charge is -2.40. The molecule has 0 amide bonds. The van der Waals surface area contributed by atoms with Crippen molar-refractivity contribution in [2.45, 2.75) is 37.3 Å². The van der Waals surface area contributed by atoms with Crippen molar-refractivity contribution in [2.24, 2.45) is 7.05 Å². The summed E-state index contributed by atoms with van der Waals surface area (Å²) in [6, 6.07) is 0.565.